The van der Waals surface area contributed by atoms with Gasteiger partial charge in [0, 0.05) is 13.0 Å². The summed E-state index contributed by atoms with van der Waals surface area (Å²) in [5.74, 6) is -2.17. The molecule has 3 N–H and O–H groups in total. The number of hydrogen-bond acceptors (Lipinski definition) is 4. The molecule has 0 aromatic heterocycles. The second kappa shape index (κ2) is 8.74. The minimum Gasteiger partial charge on any atom is -0.480 e. The number of carboxylic acid groups (broad SMARTS) is 1. The van der Waals surface area contributed by atoms with E-state index in [4.69, 9.17) is 5.11 Å². The average molecular weight is 360 g/mol. The number of halogens is 1. The van der Waals surface area contributed by atoms with Crippen molar-refractivity contribution in [2.75, 3.05) is 6.54 Å². The lowest BCUT2D eigenvalue weighted by atomic mass is 10.0. The van der Waals surface area contributed by atoms with Crippen molar-refractivity contribution in [1.82, 2.24) is 10.0 Å². The minimum atomic E-state index is -3.85. The first kappa shape index (κ1) is 20.0. The number of amides is 1. The van der Waals surface area contributed by atoms with E-state index in [0.29, 0.717) is 0 Å². The molecule has 0 aliphatic rings. The molecular formula is C15H21FN2O5S. The van der Waals surface area contributed by atoms with E-state index in [9.17, 15) is 22.4 Å². The maximum Gasteiger partial charge on any atom is 0.326 e. The van der Waals surface area contributed by atoms with Crippen molar-refractivity contribution >= 4 is 21.9 Å². The number of carbonyl (C=O) groups excluding carboxylic acids is 1. The molecule has 0 saturated carbocycles. The molecule has 1 aromatic carbocycles. The fraction of sp³-hybridized carbons (Fsp3) is 0.467. The van der Waals surface area contributed by atoms with Crippen LogP contribution in [0.3, 0.4) is 0 Å². The monoisotopic (exact) mass is 360 g/mol. The Morgan fingerprint density at radius 3 is 2.29 bits per heavy atom. The zero-order chi connectivity index (χ0) is 18.3. The molecule has 9 heteroatoms. The second-order valence-electron chi connectivity index (χ2n) is 5.69. The summed E-state index contributed by atoms with van der Waals surface area (Å²) < 4.78 is 38.9. The molecule has 1 amide bonds. The van der Waals surface area contributed by atoms with Crippen LogP contribution in [0.2, 0.25) is 0 Å². The summed E-state index contributed by atoms with van der Waals surface area (Å²) in [5, 5.41) is 11.4. The van der Waals surface area contributed by atoms with Gasteiger partial charge in [0.2, 0.25) is 15.9 Å². The molecular weight excluding hydrogens is 339 g/mol. The quantitative estimate of drug-likeness (QED) is 0.611. The second-order valence-corrected chi connectivity index (χ2v) is 7.46. The van der Waals surface area contributed by atoms with Crippen molar-refractivity contribution in [3.8, 4) is 0 Å². The van der Waals surface area contributed by atoms with E-state index in [-0.39, 0.29) is 30.2 Å². The Kier molecular flexibility index (Phi) is 7.30. The molecule has 0 radical (unpaired) electrons. The zero-order valence-electron chi connectivity index (χ0n) is 13.5. The van der Waals surface area contributed by atoms with E-state index in [0.717, 1.165) is 24.3 Å². The fourth-order valence-corrected chi connectivity index (χ4v) is 2.99. The van der Waals surface area contributed by atoms with Gasteiger partial charge in [0.15, 0.2) is 0 Å². The summed E-state index contributed by atoms with van der Waals surface area (Å²) in [6, 6.07) is 3.25. The first-order valence-electron chi connectivity index (χ1n) is 7.39. The average Bonchev–Trinajstić information content (AvgIpc) is 2.46. The van der Waals surface area contributed by atoms with Gasteiger partial charge in [-0.25, -0.2) is 22.3 Å². The van der Waals surface area contributed by atoms with Gasteiger partial charge in [0.1, 0.15) is 11.9 Å². The highest BCUT2D eigenvalue weighted by atomic mass is 32.2. The normalized spacial score (nSPS) is 12.8. The molecule has 0 saturated heterocycles. The molecule has 24 heavy (non-hydrogen) atoms. The molecule has 1 atom stereocenters. The maximum atomic E-state index is 12.8. The van der Waals surface area contributed by atoms with Crippen molar-refractivity contribution in [2.45, 2.75) is 37.6 Å². The van der Waals surface area contributed by atoms with E-state index in [1.807, 2.05) is 13.8 Å². The molecule has 0 aliphatic carbocycles. The Labute approximate surface area is 140 Å². The van der Waals surface area contributed by atoms with Crippen LogP contribution in [0, 0.1) is 11.7 Å². The number of aliphatic carboxylic acids is 1. The third-order valence-corrected chi connectivity index (χ3v) is 4.59. The molecule has 1 unspecified atom stereocenters. The largest absolute Gasteiger partial charge is 0.480 e. The predicted molar refractivity (Wildman–Crippen MR) is 85.2 cm³/mol. The highest BCUT2D eigenvalue weighted by Gasteiger charge is 2.21. The highest BCUT2D eigenvalue weighted by molar-refractivity contribution is 7.89. The first-order chi connectivity index (χ1) is 11.1. The van der Waals surface area contributed by atoms with Crippen LogP contribution in [0.5, 0.6) is 0 Å². The van der Waals surface area contributed by atoms with E-state index in [1.165, 1.54) is 0 Å². The van der Waals surface area contributed by atoms with E-state index in [2.05, 4.69) is 10.0 Å². The summed E-state index contributed by atoms with van der Waals surface area (Å²) >= 11 is 0. The van der Waals surface area contributed by atoms with Gasteiger partial charge in [-0.2, -0.15) is 0 Å². The van der Waals surface area contributed by atoms with Crippen molar-refractivity contribution in [2.24, 2.45) is 5.92 Å². The number of hydrogen-bond donors (Lipinski definition) is 3. The summed E-state index contributed by atoms with van der Waals surface area (Å²) in [6.07, 6.45) is 0.0741. The van der Waals surface area contributed by atoms with Crippen LogP contribution in [0.1, 0.15) is 26.7 Å². The third kappa shape index (κ3) is 6.63. The van der Waals surface area contributed by atoms with Gasteiger partial charge in [0.05, 0.1) is 4.90 Å². The van der Waals surface area contributed by atoms with E-state index in [1.54, 1.807) is 0 Å². The Morgan fingerprint density at radius 1 is 1.21 bits per heavy atom. The molecule has 1 rings (SSSR count). The maximum absolute atomic E-state index is 12.8. The Morgan fingerprint density at radius 2 is 1.79 bits per heavy atom. The number of sulfonamides is 1. The Balaban J connectivity index is 2.52. The Bertz CT molecular complexity index is 674. The van der Waals surface area contributed by atoms with Crippen LogP contribution in [-0.4, -0.2) is 38.0 Å². The number of carboxylic acids is 1. The van der Waals surface area contributed by atoms with Gasteiger partial charge in [-0.05, 0) is 36.6 Å². The lowest BCUT2D eigenvalue weighted by Crippen LogP contribution is -2.42. The summed E-state index contributed by atoms with van der Waals surface area (Å²) in [4.78, 5) is 22.7. The first-order valence-corrected chi connectivity index (χ1v) is 8.87. The fourth-order valence-electron chi connectivity index (χ4n) is 1.96. The van der Waals surface area contributed by atoms with E-state index < -0.39 is 33.8 Å². The molecule has 0 aliphatic heterocycles. The van der Waals surface area contributed by atoms with Gasteiger partial charge < -0.3 is 10.4 Å². The highest BCUT2D eigenvalue weighted by Crippen LogP contribution is 2.09. The zero-order valence-corrected chi connectivity index (χ0v) is 14.3. The third-order valence-electron chi connectivity index (χ3n) is 3.11. The smallest absolute Gasteiger partial charge is 0.326 e. The number of carbonyl (C=O) groups is 2. The molecule has 0 heterocycles. The van der Waals surface area contributed by atoms with Crippen LogP contribution in [0.15, 0.2) is 29.2 Å². The lowest BCUT2D eigenvalue weighted by Gasteiger charge is -2.16. The standard InChI is InChI=1S/C15H21FN2O5S/c1-10(2)9-13(15(20)21)18-14(19)7-8-17-24(22,23)12-5-3-11(16)4-6-12/h3-6,10,13,17H,7-9H2,1-2H3,(H,18,19)(H,20,21). The van der Waals surface area contributed by atoms with E-state index >= 15 is 0 Å². The van der Waals surface area contributed by atoms with Crippen molar-refractivity contribution in [3.05, 3.63) is 30.1 Å². The van der Waals surface area contributed by atoms with Crippen molar-refractivity contribution < 1.29 is 27.5 Å². The van der Waals surface area contributed by atoms with Gasteiger partial charge in [-0.3, -0.25) is 4.79 Å². The van der Waals surface area contributed by atoms with Gasteiger partial charge in [-0.15, -0.1) is 0 Å². The SMILES string of the molecule is CC(C)CC(NC(=O)CCNS(=O)(=O)c1ccc(F)cc1)C(=O)O. The molecule has 0 spiro atoms. The van der Waals surface area contributed by atoms with Crippen LogP contribution >= 0.6 is 0 Å². The summed E-state index contributed by atoms with van der Waals surface area (Å²) in [6.45, 7) is 3.47. The Hall–Kier alpha value is -2.00. The number of rotatable bonds is 9. The minimum absolute atomic E-state index is 0.0865. The predicted octanol–water partition coefficient (Wildman–Crippen LogP) is 1.11. The summed E-state index contributed by atoms with van der Waals surface area (Å²) in [5.41, 5.74) is 0. The van der Waals surface area contributed by atoms with Crippen LogP contribution in [0.4, 0.5) is 4.39 Å². The van der Waals surface area contributed by atoms with Crippen LogP contribution in [0.25, 0.3) is 0 Å². The van der Waals surface area contributed by atoms with Crippen molar-refractivity contribution in [3.63, 3.8) is 0 Å². The van der Waals surface area contributed by atoms with Crippen LogP contribution < -0.4 is 10.0 Å². The lowest BCUT2D eigenvalue weighted by molar-refractivity contribution is -0.142. The van der Waals surface area contributed by atoms with Gasteiger partial charge in [-0.1, -0.05) is 13.8 Å². The molecule has 7 nitrogen and oxygen atoms in total. The number of benzene rings is 1. The topological polar surface area (TPSA) is 113 Å². The van der Waals surface area contributed by atoms with Gasteiger partial charge >= 0.3 is 5.97 Å². The van der Waals surface area contributed by atoms with Crippen molar-refractivity contribution in [1.29, 1.82) is 0 Å². The molecule has 1 aromatic rings. The van der Waals surface area contributed by atoms with Gasteiger partial charge in [0.25, 0.3) is 0 Å². The molecule has 0 bridgehead atoms. The van der Waals surface area contributed by atoms with Crippen LogP contribution in [-0.2, 0) is 19.6 Å². The number of nitrogens with one attached hydrogen (secondary N) is 2. The summed E-state index contributed by atoms with van der Waals surface area (Å²) in [7, 11) is -3.85. The molecule has 0 fully saturated rings. The molecule has 134 valence electrons.